The van der Waals surface area contributed by atoms with Gasteiger partial charge in [-0.1, -0.05) is 19.1 Å². The SMILES string of the molecule is CC(C)COC(=O)Nc1ncnc2c1nnn2CC(C)OC[C@](CC(F)(F)F)(C(F)(F)F)P(=O)(O)O. The second-order valence-electron chi connectivity index (χ2n) is 8.27. The van der Waals surface area contributed by atoms with Crippen molar-refractivity contribution in [3.05, 3.63) is 6.33 Å². The minimum Gasteiger partial charge on any atom is -0.449 e. The zero-order chi connectivity index (χ0) is 27.5. The largest absolute Gasteiger partial charge is 0.449 e. The molecule has 12 nitrogen and oxygen atoms in total. The van der Waals surface area contributed by atoms with Gasteiger partial charge in [-0.05, 0) is 12.8 Å². The number of hydrogen-bond donors (Lipinski definition) is 3. The molecule has 0 saturated heterocycles. The lowest BCUT2D eigenvalue weighted by Gasteiger charge is -2.36. The molecule has 0 saturated carbocycles. The average Bonchev–Trinajstić information content (AvgIpc) is 3.10. The van der Waals surface area contributed by atoms with Crippen LogP contribution >= 0.6 is 7.60 Å². The topological polar surface area (TPSA) is 162 Å². The molecule has 2 atom stereocenters. The van der Waals surface area contributed by atoms with Crippen LogP contribution in [0.5, 0.6) is 0 Å². The molecule has 0 fully saturated rings. The fourth-order valence-corrected chi connectivity index (χ4v) is 3.83. The fraction of sp³-hybridized carbons (Fsp3) is 0.706. The number of anilines is 1. The van der Waals surface area contributed by atoms with Crippen molar-refractivity contribution in [2.75, 3.05) is 18.5 Å². The monoisotopic (exact) mass is 552 g/mol. The van der Waals surface area contributed by atoms with Gasteiger partial charge in [-0.2, -0.15) is 26.3 Å². The van der Waals surface area contributed by atoms with Crippen molar-refractivity contribution in [2.45, 2.75) is 57.3 Å². The third-order valence-electron chi connectivity index (χ3n) is 4.68. The summed E-state index contributed by atoms with van der Waals surface area (Å²) in [6.45, 7) is 2.48. The zero-order valence-corrected chi connectivity index (χ0v) is 19.9. The van der Waals surface area contributed by atoms with Crippen LogP contribution in [-0.4, -0.2) is 77.7 Å². The molecule has 0 aliphatic heterocycles. The molecule has 0 bridgehead atoms. The molecule has 2 aromatic heterocycles. The lowest BCUT2D eigenvalue weighted by atomic mass is 10.0. The molecule has 36 heavy (non-hydrogen) atoms. The van der Waals surface area contributed by atoms with Crippen molar-refractivity contribution >= 4 is 30.7 Å². The zero-order valence-electron chi connectivity index (χ0n) is 19.0. The van der Waals surface area contributed by atoms with Gasteiger partial charge < -0.3 is 19.3 Å². The van der Waals surface area contributed by atoms with Gasteiger partial charge in [0.25, 0.3) is 0 Å². The Bertz CT molecular complexity index is 1110. The molecule has 0 aromatic carbocycles. The highest BCUT2D eigenvalue weighted by molar-refractivity contribution is 7.53. The first-order chi connectivity index (χ1) is 16.4. The van der Waals surface area contributed by atoms with Crippen LogP contribution in [0.4, 0.5) is 37.0 Å². The van der Waals surface area contributed by atoms with Crippen LogP contribution in [0.2, 0.25) is 0 Å². The van der Waals surface area contributed by atoms with Crippen LogP contribution < -0.4 is 5.32 Å². The molecule has 19 heteroatoms. The number of rotatable bonds is 10. The van der Waals surface area contributed by atoms with Crippen molar-refractivity contribution in [3.63, 3.8) is 0 Å². The number of alkyl halides is 6. The van der Waals surface area contributed by atoms with Crippen LogP contribution in [0, 0.1) is 5.92 Å². The summed E-state index contributed by atoms with van der Waals surface area (Å²) in [7, 11) is -6.40. The van der Waals surface area contributed by atoms with Crippen molar-refractivity contribution in [3.8, 4) is 0 Å². The van der Waals surface area contributed by atoms with Gasteiger partial charge in [-0.25, -0.2) is 19.4 Å². The predicted octanol–water partition coefficient (Wildman–Crippen LogP) is 3.26. The molecular weight excluding hydrogens is 529 g/mol. The number of halogens is 6. The second-order valence-corrected chi connectivity index (χ2v) is 10.2. The number of carbonyl (C=O) groups is 1. The maximum absolute atomic E-state index is 13.5. The molecule has 0 radical (unpaired) electrons. The molecular formula is C17H23F6N6O6P. The lowest BCUT2D eigenvalue weighted by molar-refractivity contribution is -0.224. The Kier molecular flexibility index (Phi) is 8.92. The number of hydrogen-bond acceptors (Lipinski definition) is 8. The van der Waals surface area contributed by atoms with Gasteiger partial charge in [0.1, 0.15) is 6.33 Å². The second kappa shape index (κ2) is 10.8. The Morgan fingerprint density at radius 1 is 1.17 bits per heavy atom. The number of nitrogens with one attached hydrogen (secondary N) is 1. The van der Waals surface area contributed by atoms with Crippen LogP contribution in [0.25, 0.3) is 11.2 Å². The normalized spacial score (nSPS) is 15.7. The first-order valence-electron chi connectivity index (χ1n) is 10.1. The highest BCUT2D eigenvalue weighted by atomic mass is 31.2. The van der Waals surface area contributed by atoms with Gasteiger partial charge in [0.05, 0.1) is 32.3 Å². The number of fused-ring (bicyclic) bond motifs is 1. The molecule has 0 spiro atoms. The Morgan fingerprint density at radius 2 is 1.81 bits per heavy atom. The summed E-state index contributed by atoms with van der Waals surface area (Å²) in [5, 5.41) is 5.30. The van der Waals surface area contributed by atoms with Gasteiger partial charge >= 0.3 is 26.0 Å². The van der Waals surface area contributed by atoms with Crippen LogP contribution in [0.1, 0.15) is 27.2 Å². The molecule has 2 aromatic rings. The first-order valence-corrected chi connectivity index (χ1v) is 11.8. The number of aromatic nitrogens is 5. The maximum Gasteiger partial charge on any atom is 0.412 e. The van der Waals surface area contributed by atoms with E-state index in [1.165, 1.54) is 0 Å². The molecule has 0 aliphatic carbocycles. The Labute approximate surface area is 199 Å². The van der Waals surface area contributed by atoms with E-state index in [0.29, 0.717) is 0 Å². The van der Waals surface area contributed by atoms with E-state index in [1.807, 2.05) is 13.8 Å². The third-order valence-corrected chi connectivity index (χ3v) is 6.34. The molecule has 1 unspecified atom stereocenters. The lowest BCUT2D eigenvalue weighted by Crippen LogP contribution is -2.52. The molecule has 3 N–H and O–H groups in total. The van der Waals surface area contributed by atoms with Crippen LogP contribution in [0.3, 0.4) is 0 Å². The van der Waals surface area contributed by atoms with E-state index in [2.05, 4.69) is 25.6 Å². The van der Waals surface area contributed by atoms with Gasteiger partial charge in [0.15, 0.2) is 22.1 Å². The van der Waals surface area contributed by atoms with Gasteiger partial charge in [0, 0.05) is 0 Å². The smallest absolute Gasteiger partial charge is 0.412 e. The highest BCUT2D eigenvalue weighted by Crippen LogP contribution is 2.62. The van der Waals surface area contributed by atoms with E-state index >= 15 is 0 Å². The number of carbonyl (C=O) groups excluding carboxylic acids is 1. The third kappa shape index (κ3) is 7.24. The van der Waals surface area contributed by atoms with E-state index in [1.54, 1.807) is 0 Å². The minimum absolute atomic E-state index is 0.0213. The van der Waals surface area contributed by atoms with Crippen molar-refractivity contribution in [1.82, 2.24) is 25.0 Å². The minimum atomic E-state index is -6.40. The number of ether oxygens (including phenoxy) is 2. The fourth-order valence-electron chi connectivity index (χ4n) is 2.87. The maximum atomic E-state index is 13.5. The molecule has 2 rings (SSSR count). The van der Waals surface area contributed by atoms with E-state index in [-0.39, 0.29) is 29.5 Å². The van der Waals surface area contributed by atoms with Crippen molar-refractivity contribution < 1.29 is 55.0 Å². The van der Waals surface area contributed by atoms with E-state index in [4.69, 9.17) is 9.47 Å². The molecule has 1 amide bonds. The van der Waals surface area contributed by atoms with E-state index in [0.717, 1.165) is 17.9 Å². The van der Waals surface area contributed by atoms with Gasteiger partial charge in [-0.15, -0.1) is 5.10 Å². The summed E-state index contributed by atoms with van der Waals surface area (Å²) in [6, 6.07) is 0. The summed E-state index contributed by atoms with van der Waals surface area (Å²) >= 11 is 0. The average molecular weight is 552 g/mol. The molecule has 204 valence electrons. The summed E-state index contributed by atoms with van der Waals surface area (Å²) in [4.78, 5) is 38.1. The Hall–Kier alpha value is -2.56. The molecule has 0 aliphatic rings. The number of nitrogens with zero attached hydrogens (tertiary/aromatic N) is 5. The number of amides is 1. The van der Waals surface area contributed by atoms with Crippen LogP contribution in [-0.2, 0) is 20.6 Å². The quantitative estimate of drug-likeness (QED) is 0.295. The summed E-state index contributed by atoms with van der Waals surface area (Å²) < 4.78 is 102. The Morgan fingerprint density at radius 3 is 2.33 bits per heavy atom. The van der Waals surface area contributed by atoms with E-state index in [9.17, 15) is 45.5 Å². The predicted molar refractivity (Wildman–Crippen MR) is 110 cm³/mol. The van der Waals surface area contributed by atoms with Crippen molar-refractivity contribution in [1.29, 1.82) is 0 Å². The summed E-state index contributed by atoms with van der Waals surface area (Å²) in [5.41, 5.74) is -0.0601. The van der Waals surface area contributed by atoms with Gasteiger partial charge in [-0.3, -0.25) is 9.88 Å². The molecule has 2 heterocycles. The Balaban J connectivity index is 2.21. The highest BCUT2D eigenvalue weighted by Gasteiger charge is 2.69. The van der Waals surface area contributed by atoms with Gasteiger partial charge in [0.2, 0.25) is 0 Å². The first kappa shape index (κ1) is 29.7. The summed E-state index contributed by atoms with van der Waals surface area (Å²) in [6.07, 6.45) is -15.5. The van der Waals surface area contributed by atoms with Crippen LogP contribution in [0.15, 0.2) is 6.33 Å². The summed E-state index contributed by atoms with van der Waals surface area (Å²) in [5.74, 6) is -0.0438. The standard InChI is InChI=1S/C17H23F6N6O6P/c1-9(2)5-34-14(30)26-12-11-13(25-8-24-12)29(28-27-11)4-10(3)35-7-15(17(21,22)23,36(31,32)33)6-16(18,19)20/h8-10H,4-7H2,1-3H3,(H2,31,32,33)(H,24,25,26,30)/t10?,15-/m1/s1. The van der Waals surface area contributed by atoms with E-state index < -0.39 is 56.9 Å². The van der Waals surface area contributed by atoms with Crippen molar-refractivity contribution in [2.24, 2.45) is 5.92 Å².